The van der Waals surface area contributed by atoms with Gasteiger partial charge in [-0.05, 0) is 29.7 Å². The molecule has 3 rings (SSSR count). The van der Waals surface area contributed by atoms with Crippen molar-refractivity contribution < 1.29 is 9.53 Å². The molecule has 0 atom stereocenters. The van der Waals surface area contributed by atoms with Gasteiger partial charge >= 0.3 is 0 Å². The van der Waals surface area contributed by atoms with E-state index < -0.39 is 0 Å². The van der Waals surface area contributed by atoms with Crippen LogP contribution in [0.25, 0.3) is 0 Å². The van der Waals surface area contributed by atoms with Gasteiger partial charge in [0.25, 0.3) is 5.91 Å². The highest BCUT2D eigenvalue weighted by Gasteiger charge is 2.21. The number of carbonyl (C=O) groups is 1. The first-order valence-corrected chi connectivity index (χ1v) is 8.94. The third kappa shape index (κ3) is 4.32. The standard InChI is InChI=1S/C21H26N2O2/c1-17(2)19-10-6-7-11-20(19)25-16-21(24)23-14-12-22(13-15-23)18-8-4-3-5-9-18/h3-11,17H,12-16H2,1-2H3. The van der Waals surface area contributed by atoms with Crippen LogP contribution in [0.2, 0.25) is 0 Å². The minimum atomic E-state index is 0.0614. The van der Waals surface area contributed by atoms with Gasteiger partial charge < -0.3 is 14.5 Å². The highest BCUT2D eigenvalue weighted by atomic mass is 16.5. The van der Waals surface area contributed by atoms with Crippen molar-refractivity contribution in [2.24, 2.45) is 0 Å². The zero-order valence-corrected chi connectivity index (χ0v) is 15.0. The molecule has 2 aromatic carbocycles. The summed E-state index contributed by atoms with van der Waals surface area (Å²) in [4.78, 5) is 16.7. The van der Waals surface area contributed by atoms with Crippen molar-refractivity contribution in [2.75, 3.05) is 37.7 Å². The molecule has 4 heteroatoms. The van der Waals surface area contributed by atoms with E-state index in [1.165, 1.54) is 5.69 Å². The number of ether oxygens (including phenoxy) is 1. The molecule has 0 unspecified atom stereocenters. The fourth-order valence-corrected chi connectivity index (χ4v) is 3.17. The maximum atomic E-state index is 12.5. The summed E-state index contributed by atoms with van der Waals surface area (Å²) in [5.74, 6) is 1.25. The van der Waals surface area contributed by atoms with Crippen LogP contribution < -0.4 is 9.64 Å². The Morgan fingerprint density at radius 2 is 1.60 bits per heavy atom. The van der Waals surface area contributed by atoms with E-state index in [0.29, 0.717) is 5.92 Å². The van der Waals surface area contributed by atoms with Crippen LogP contribution in [-0.4, -0.2) is 43.6 Å². The topological polar surface area (TPSA) is 32.8 Å². The van der Waals surface area contributed by atoms with Gasteiger partial charge in [0.15, 0.2) is 6.61 Å². The van der Waals surface area contributed by atoms with Crippen LogP contribution in [0.5, 0.6) is 5.75 Å². The third-order valence-electron chi connectivity index (χ3n) is 4.65. The van der Waals surface area contributed by atoms with Crippen molar-refractivity contribution in [1.29, 1.82) is 0 Å². The van der Waals surface area contributed by atoms with Crippen LogP contribution in [0.15, 0.2) is 54.6 Å². The van der Waals surface area contributed by atoms with E-state index >= 15 is 0 Å². The van der Waals surface area contributed by atoms with E-state index in [0.717, 1.165) is 37.5 Å². The second-order valence-corrected chi connectivity index (χ2v) is 6.68. The molecule has 0 radical (unpaired) electrons. The van der Waals surface area contributed by atoms with E-state index in [4.69, 9.17) is 4.74 Å². The fraction of sp³-hybridized carbons (Fsp3) is 0.381. The van der Waals surface area contributed by atoms with Gasteiger partial charge in [0.1, 0.15) is 5.75 Å². The first-order chi connectivity index (χ1) is 12.1. The summed E-state index contributed by atoms with van der Waals surface area (Å²) in [5, 5.41) is 0. The van der Waals surface area contributed by atoms with E-state index in [2.05, 4.69) is 36.9 Å². The van der Waals surface area contributed by atoms with Gasteiger partial charge in [-0.2, -0.15) is 0 Å². The lowest BCUT2D eigenvalue weighted by Gasteiger charge is -2.36. The molecular formula is C21H26N2O2. The number of hydrogen-bond donors (Lipinski definition) is 0. The van der Waals surface area contributed by atoms with Crippen molar-refractivity contribution >= 4 is 11.6 Å². The summed E-state index contributed by atoms with van der Waals surface area (Å²) in [6.07, 6.45) is 0. The normalized spacial score (nSPS) is 14.7. The molecule has 1 aliphatic heterocycles. The van der Waals surface area contributed by atoms with E-state index in [-0.39, 0.29) is 12.5 Å². The lowest BCUT2D eigenvalue weighted by molar-refractivity contribution is -0.133. The molecule has 1 fully saturated rings. The number of hydrogen-bond acceptors (Lipinski definition) is 3. The van der Waals surface area contributed by atoms with Crippen molar-refractivity contribution in [2.45, 2.75) is 19.8 Å². The van der Waals surface area contributed by atoms with Gasteiger partial charge in [0, 0.05) is 31.9 Å². The number of nitrogens with zero attached hydrogens (tertiary/aromatic N) is 2. The summed E-state index contributed by atoms with van der Waals surface area (Å²) in [7, 11) is 0. The van der Waals surface area contributed by atoms with Crippen molar-refractivity contribution in [3.63, 3.8) is 0 Å². The number of carbonyl (C=O) groups excluding carboxylic acids is 1. The monoisotopic (exact) mass is 338 g/mol. The Bertz CT molecular complexity index is 692. The summed E-state index contributed by atoms with van der Waals surface area (Å²) >= 11 is 0. The number of amides is 1. The van der Waals surface area contributed by atoms with Crippen LogP contribution in [0.3, 0.4) is 0 Å². The molecule has 0 aromatic heterocycles. The Labute approximate surface area is 150 Å². The number of rotatable bonds is 5. The molecule has 1 heterocycles. The molecule has 1 amide bonds. The summed E-state index contributed by atoms with van der Waals surface area (Å²) in [6.45, 7) is 7.57. The number of anilines is 1. The fourth-order valence-electron chi connectivity index (χ4n) is 3.17. The molecule has 2 aromatic rings. The predicted octanol–water partition coefficient (Wildman–Crippen LogP) is 3.54. The third-order valence-corrected chi connectivity index (χ3v) is 4.65. The molecule has 0 N–H and O–H groups in total. The van der Waals surface area contributed by atoms with Gasteiger partial charge in [0.2, 0.25) is 0 Å². The minimum absolute atomic E-state index is 0.0614. The number of para-hydroxylation sites is 2. The Kier molecular flexibility index (Phi) is 5.59. The van der Waals surface area contributed by atoms with E-state index in [1.807, 2.05) is 41.3 Å². The Balaban J connectivity index is 1.52. The molecular weight excluding hydrogens is 312 g/mol. The quantitative estimate of drug-likeness (QED) is 0.836. The molecule has 1 saturated heterocycles. The van der Waals surface area contributed by atoms with Crippen LogP contribution in [0.4, 0.5) is 5.69 Å². The molecule has 132 valence electrons. The summed E-state index contributed by atoms with van der Waals surface area (Å²) < 4.78 is 5.82. The SMILES string of the molecule is CC(C)c1ccccc1OCC(=O)N1CCN(c2ccccc2)CC1. The molecule has 0 saturated carbocycles. The predicted molar refractivity (Wildman–Crippen MR) is 101 cm³/mol. The summed E-state index contributed by atoms with van der Waals surface area (Å²) in [6, 6.07) is 18.3. The first-order valence-electron chi connectivity index (χ1n) is 8.94. The second-order valence-electron chi connectivity index (χ2n) is 6.68. The average molecular weight is 338 g/mol. The smallest absolute Gasteiger partial charge is 0.260 e. The van der Waals surface area contributed by atoms with Crippen LogP contribution in [0.1, 0.15) is 25.3 Å². The van der Waals surface area contributed by atoms with E-state index in [1.54, 1.807) is 0 Å². The van der Waals surface area contributed by atoms with Gasteiger partial charge in [-0.3, -0.25) is 4.79 Å². The zero-order valence-electron chi connectivity index (χ0n) is 15.0. The Hall–Kier alpha value is -2.49. The zero-order chi connectivity index (χ0) is 17.6. The maximum absolute atomic E-state index is 12.5. The van der Waals surface area contributed by atoms with Gasteiger partial charge in [-0.25, -0.2) is 0 Å². The molecule has 4 nitrogen and oxygen atoms in total. The summed E-state index contributed by atoms with van der Waals surface area (Å²) in [5.41, 5.74) is 2.36. The Morgan fingerprint density at radius 3 is 2.28 bits per heavy atom. The molecule has 0 aliphatic carbocycles. The van der Waals surface area contributed by atoms with Gasteiger partial charge in [0.05, 0.1) is 0 Å². The van der Waals surface area contributed by atoms with E-state index in [9.17, 15) is 4.79 Å². The van der Waals surface area contributed by atoms with Gasteiger partial charge in [-0.1, -0.05) is 50.2 Å². The second kappa shape index (κ2) is 8.06. The molecule has 25 heavy (non-hydrogen) atoms. The lowest BCUT2D eigenvalue weighted by Crippen LogP contribution is -2.50. The minimum Gasteiger partial charge on any atom is -0.483 e. The highest BCUT2D eigenvalue weighted by molar-refractivity contribution is 5.78. The molecule has 0 bridgehead atoms. The lowest BCUT2D eigenvalue weighted by atomic mass is 10.0. The largest absolute Gasteiger partial charge is 0.483 e. The van der Waals surface area contributed by atoms with Gasteiger partial charge in [-0.15, -0.1) is 0 Å². The Morgan fingerprint density at radius 1 is 0.960 bits per heavy atom. The molecule has 0 spiro atoms. The van der Waals surface area contributed by atoms with Crippen LogP contribution in [0, 0.1) is 0 Å². The maximum Gasteiger partial charge on any atom is 0.260 e. The number of piperazine rings is 1. The van der Waals surface area contributed by atoms with Crippen LogP contribution in [-0.2, 0) is 4.79 Å². The first kappa shape index (κ1) is 17.3. The number of benzene rings is 2. The average Bonchev–Trinajstić information content (AvgIpc) is 2.67. The highest BCUT2D eigenvalue weighted by Crippen LogP contribution is 2.25. The van der Waals surface area contributed by atoms with Crippen molar-refractivity contribution in [3.05, 3.63) is 60.2 Å². The molecule has 1 aliphatic rings. The van der Waals surface area contributed by atoms with Crippen LogP contribution >= 0.6 is 0 Å². The van der Waals surface area contributed by atoms with Crippen molar-refractivity contribution in [3.8, 4) is 5.75 Å². The van der Waals surface area contributed by atoms with Crippen molar-refractivity contribution in [1.82, 2.24) is 4.90 Å².